The summed E-state index contributed by atoms with van der Waals surface area (Å²) < 4.78 is 50.7. The number of amides is 1. The van der Waals surface area contributed by atoms with Crippen molar-refractivity contribution in [3.05, 3.63) is 35.6 Å². The van der Waals surface area contributed by atoms with Crippen LogP contribution in [0, 0.1) is 5.82 Å². The predicted molar refractivity (Wildman–Crippen MR) is 75.0 cm³/mol. The lowest BCUT2D eigenvalue weighted by atomic mass is 10.0. The standard InChI is InChI=1S/C15H18F4N2O2/c1-20(13(8-22)10-3-2-4-11(16)7-10)12-5-6-21(14(12)23)9-15(17,18)19/h2-4,7,12-13,22H,5-6,8-9H2,1H3. The zero-order chi connectivity index (χ0) is 17.2. The van der Waals surface area contributed by atoms with Crippen molar-refractivity contribution < 1.29 is 27.5 Å². The Morgan fingerprint density at radius 3 is 2.70 bits per heavy atom. The van der Waals surface area contributed by atoms with E-state index in [4.69, 9.17) is 0 Å². The van der Waals surface area contributed by atoms with Crippen LogP contribution in [0.3, 0.4) is 0 Å². The number of hydrogen-bond donors (Lipinski definition) is 1. The second-order valence-electron chi connectivity index (χ2n) is 5.60. The van der Waals surface area contributed by atoms with Crippen molar-refractivity contribution in [1.29, 1.82) is 0 Å². The van der Waals surface area contributed by atoms with Gasteiger partial charge in [-0.2, -0.15) is 13.2 Å². The van der Waals surface area contributed by atoms with Gasteiger partial charge in [-0.1, -0.05) is 12.1 Å². The number of hydrogen-bond acceptors (Lipinski definition) is 3. The molecule has 128 valence electrons. The average Bonchev–Trinajstić information content (AvgIpc) is 2.79. The summed E-state index contributed by atoms with van der Waals surface area (Å²) in [5.41, 5.74) is 0.470. The number of aliphatic hydroxyl groups excluding tert-OH is 1. The Bertz CT molecular complexity index is 565. The number of rotatable bonds is 5. The van der Waals surface area contributed by atoms with Gasteiger partial charge < -0.3 is 10.0 Å². The van der Waals surface area contributed by atoms with Crippen LogP contribution in [-0.2, 0) is 4.79 Å². The number of halogens is 4. The van der Waals surface area contributed by atoms with Gasteiger partial charge in [0.05, 0.1) is 18.7 Å². The summed E-state index contributed by atoms with van der Waals surface area (Å²) in [5.74, 6) is -1.11. The number of benzene rings is 1. The SMILES string of the molecule is CN(C1CCN(CC(F)(F)F)C1=O)C(CO)c1cccc(F)c1. The smallest absolute Gasteiger partial charge is 0.394 e. The Morgan fingerprint density at radius 2 is 2.13 bits per heavy atom. The fourth-order valence-corrected chi connectivity index (χ4v) is 2.87. The fraction of sp³-hybridized carbons (Fsp3) is 0.533. The molecule has 2 unspecified atom stereocenters. The summed E-state index contributed by atoms with van der Waals surface area (Å²) in [7, 11) is 1.55. The molecule has 2 rings (SSSR count). The quantitative estimate of drug-likeness (QED) is 0.837. The minimum Gasteiger partial charge on any atom is -0.394 e. The molecule has 0 radical (unpaired) electrons. The van der Waals surface area contributed by atoms with E-state index in [1.165, 1.54) is 23.1 Å². The van der Waals surface area contributed by atoms with Crippen molar-refractivity contribution in [3.8, 4) is 0 Å². The molecular weight excluding hydrogens is 316 g/mol. The van der Waals surface area contributed by atoms with Crippen LogP contribution >= 0.6 is 0 Å². The third kappa shape index (κ3) is 4.20. The van der Waals surface area contributed by atoms with Crippen LogP contribution in [0.15, 0.2) is 24.3 Å². The highest BCUT2D eigenvalue weighted by molar-refractivity contribution is 5.84. The summed E-state index contributed by atoms with van der Waals surface area (Å²) >= 11 is 0. The Hall–Kier alpha value is -1.67. The summed E-state index contributed by atoms with van der Waals surface area (Å²) in [6.07, 6.45) is -4.21. The van der Waals surface area contributed by atoms with E-state index in [-0.39, 0.29) is 19.6 Å². The second kappa shape index (κ2) is 6.84. The third-order valence-electron chi connectivity index (χ3n) is 4.03. The molecule has 1 aromatic rings. The van der Waals surface area contributed by atoms with Gasteiger partial charge in [-0.3, -0.25) is 9.69 Å². The first-order valence-electron chi connectivity index (χ1n) is 7.16. The van der Waals surface area contributed by atoms with E-state index in [0.29, 0.717) is 5.56 Å². The van der Waals surface area contributed by atoms with E-state index in [0.717, 1.165) is 4.90 Å². The van der Waals surface area contributed by atoms with Crippen LogP contribution in [0.1, 0.15) is 18.0 Å². The van der Waals surface area contributed by atoms with Gasteiger partial charge in [-0.05, 0) is 31.2 Å². The van der Waals surface area contributed by atoms with Crippen LogP contribution in [-0.4, -0.2) is 59.8 Å². The van der Waals surface area contributed by atoms with Gasteiger partial charge in [0.1, 0.15) is 12.4 Å². The van der Waals surface area contributed by atoms with Crippen LogP contribution < -0.4 is 0 Å². The lowest BCUT2D eigenvalue weighted by Gasteiger charge is -2.31. The highest BCUT2D eigenvalue weighted by Crippen LogP contribution is 2.28. The van der Waals surface area contributed by atoms with Crippen LogP contribution in [0.2, 0.25) is 0 Å². The number of alkyl halides is 3. The molecule has 1 aliphatic rings. The topological polar surface area (TPSA) is 43.8 Å². The first kappa shape index (κ1) is 17.7. The van der Waals surface area contributed by atoms with E-state index < -0.39 is 36.5 Å². The molecule has 23 heavy (non-hydrogen) atoms. The number of likely N-dealkylation sites (N-methyl/N-ethyl adjacent to an activating group) is 1. The zero-order valence-electron chi connectivity index (χ0n) is 12.6. The average molecular weight is 334 g/mol. The minimum atomic E-state index is -4.44. The summed E-state index contributed by atoms with van der Waals surface area (Å²) in [4.78, 5) is 14.4. The molecule has 1 aromatic carbocycles. The lowest BCUT2D eigenvalue weighted by Crippen LogP contribution is -2.44. The lowest BCUT2D eigenvalue weighted by molar-refractivity contribution is -0.159. The number of aliphatic hydroxyl groups is 1. The van der Waals surface area contributed by atoms with Crippen LogP contribution in [0.25, 0.3) is 0 Å². The second-order valence-corrected chi connectivity index (χ2v) is 5.60. The van der Waals surface area contributed by atoms with Crippen LogP contribution in [0.4, 0.5) is 17.6 Å². The minimum absolute atomic E-state index is 0.00858. The van der Waals surface area contributed by atoms with Crippen molar-refractivity contribution in [3.63, 3.8) is 0 Å². The zero-order valence-corrected chi connectivity index (χ0v) is 12.6. The van der Waals surface area contributed by atoms with E-state index in [2.05, 4.69) is 0 Å². The molecule has 2 atom stereocenters. The largest absolute Gasteiger partial charge is 0.406 e. The molecule has 0 aliphatic carbocycles. The monoisotopic (exact) mass is 334 g/mol. The molecule has 8 heteroatoms. The Kier molecular flexibility index (Phi) is 5.26. The predicted octanol–water partition coefficient (Wildman–Crippen LogP) is 1.95. The van der Waals surface area contributed by atoms with E-state index in [1.807, 2.05) is 0 Å². The molecule has 0 bridgehead atoms. The van der Waals surface area contributed by atoms with Crippen molar-refractivity contribution in [2.45, 2.75) is 24.7 Å². The Morgan fingerprint density at radius 1 is 1.43 bits per heavy atom. The first-order valence-corrected chi connectivity index (χ1v) is 7.16. The first-order chi connectivity index (χ1) is 10.7. The molecule has 1 heterocycles. The van der Waals surface area contributed by atoms with E-state index in [1.54, 1.807) is 13.1 Å². The Labute approximate surface area is 131 Å². The molecule has 1 amide bonds. The van der Waals surface area contributed by atoms with Gasteiger partial charge in [0.15, 0.2) is 0 Å². The molecule has 4 nitrogen and oxygen atoms in total. The summed E-state index contributed by atoms with van der Waals surface area (Å²) in [5, 5.41) is 9.57. The maximum absolute atomic E-state index is 13.3. The highest BCUT2D eigenvalue weighted by Gasteiger charge is 2.42. The third-order valence-corrected chi connectivity index (χ3v) is 4.03. The fourth-order valence-electron chi connectivity index (χ4n) is 2.87. The Balaban J connectivity index is 2.13. The summed E-state index contributed by atoms with van der Waals surface area (Å²) in [6, 6.07) is 4.15. The molecule has 1 aliphatic heterocycles. The van der Waals surface area contributed by atoms with Gasteiger partial charge in [0.2, 0.25) is 5.91 Å². The molecule has 0 spiro atoms. The molecule has 1 N–H and O–H groups in total. The number of nitrogens with zero attached hydrogens (tertiary/aromatic N) is 2. The maximum Gasteiger partial charge on any atom is 0.406 e. The molecule has 1 saturated heterocycles. The number of likely N-dealkylation sites (tertiary alicyclic amines) is 1. The molecule has 1 fully saturated rings. The van der Waals surface area contributed by atoms with Gasteiger partial charge in [0.25, 0.3) is 0 Å². The van der Waals surface area contributed by atoms with Crippen molar-refractivity contribution in [1.82, 2.24) is 9.80 Å². The molecule has 0 saturated carbocycles. The molecular formula is C15H18F4N2O2. The van der Waals surface area contributed by atoms with Crippen molar-refractivity contribution in [2.24, 2.45) is 0 Å². The summed E-state index contributed by atoms with van der Waals surface area (Å²) in [6.45, 7) is -1.64. The van der Waals surface area contributed by atoms with Crippen LogP contribution in [0.5, 0.6) is 0 Å². The van der Waals surface area contributed by atoms with Gasteiger partial charge in [-0.25, -0.2) is 4.39 Å². The van der Waals surface area contributed by atoms with Gasteiger partial charge in [-0.15, -0.1) is 0 Å². The van der Waals surface area contributed by atoms with Crippen molar-refractivity contribution in [2.75, 3.05) is 26.7 Å². The maximum atomic E-state index is 13.3. The van der Waals surface area contributed by atoms with E-state index in [9.17, 15) is 27.5 Å². The van der Waals surface area contributed by atoms with Gasteiger partial charge in [0, 0.05) is 6.54 Å². The van der Waals surface area contributed by atoms with Gasteiger partial charge >= 0.3 is 6.18 Å². The number of carbonyl (C=O) groups excluding carboxylic acids is 1. The number of carbonyl (C=O) groups is 1. The van der Waals surface area contributed by atoms with Crippen molar-refractivity contribution >= 4 is 5.91 Å². The molecule has 0 aromatic heterocycles. The normalized spacial score (nSPS) is 20.4. The highest BCUT2D eigenvalue weighted by atomic mass is 19.4. The van der Waals surface area contributed by atoms with E-state index >= 15 is 0 Å².